The molecule has 0 spiro atoms. The molecule has 0 bridgehead atoms. The van der Waals surface area contributed by atoms with Gasteiger partial charge >= 0.3 is 0 Å². The van der Waals surface area contributed by atoms with Crippen molar-refractivity contribution < 1.29 is 9.84 Å². The lowest BCUT2D eigenvalue weighted by Gasteiger charge is -2.34. The molecule has 0 heterocycles. The molecule has 2 aromatic carbocycles. The average Bonchev–Trinajstić information content (AvgIpc) is 2.92. The maximum atomic E-state index is 11.9. The van der Waals surface area contributed by atoms with Gasteiger partial charge < -0.3 is 14.7 Å². The van der Waals surface area contributed by atoms with Gasteiger partial charge in [0.1, 0.15) is 11.4 Å². The van der Waals surface area contributed by atoms with E-state index < -0.39 is 5.60 Å². The Morgan fingerprint density at radius 1 is 1.19 bits per heavy atom. The molecular weight excluding hydrogens is 322 g/mol. The summed E-state index contributed by atoms with van der Waals surface area (Å²) in [5.74, 6) is 1.01. The Bertz CT molecular complexity index is 779. The van der Waals surface area contributed by atoms with Crippen molar-refractivity contribution in [3.05, 3.63) is 70.8 Å². The van der Waals surface area contributed by atoms with Crippen LogP contribution in [0.15, 0.2) is 54.1 Å². The van der Waals surface area contributed by atoms with Crippen molar-refractivity contribution in [3.63, 3.8) is 0 Å². The second kappa shape index (κ2) is 7.65. The standard InChI is InChI=1S/C23H29NO2/c1-17-8-10-19(11-9-17)23(25)20(12-13-21(23)16-24(2)3)14-18-6-5-7-22(15-18)26-4/h5-11,14-15,21,25H,12-13,16H2,1-4H3/b20-14+. The number of nitrogens with zero attached hydrogens (tertiary/aromatic N) is 1. The van der Waals surface area contributed by atoms with Crippen LogP contribution in [-0.2, 0) is 5.60 Å². The molecule has 1 N–H and O–H groups in total. The normalized spacial score (nSPS) is 24.4. The second-order valence-electron chi connectivity index (χ2n) is 7.58. The topological polar surface area (TPSA) is 32.7 Å². The van der Waals surface area contributed by atoms with Crippen LogP contribution >= 0.6 is 0 Å². The molecular formula is C23H29NO2. The molecule has 0 aromatic heterocycles. The third kappa shape index (κ3) is 3.69. The Hall–Kier alpha value is -2.10. The predicted molar refractivity (Wildman–Crippen MR) is 107 cm³/mol. The predicted octanol–water partition coefficient (Wildman–Crippen LogP) is 4.25. The van der Waals surface area contributed by atoms with E-state index in [-0.39, 0.29) is 5.92 Å². The Morgan fingerprint density at radius 3 is 2.58 bits per heavy atom. The monoisotopic (exact) mass is 351 g/mol. The van der Waals surface area contributed by atoms with E-state index in [2.05, 4.69) is 62.3 Å². The first-order valence-electron chi connectivity index (χ1n) is 9.23. The quantitative estimate of drug-likeness (QED) is 0.874. The van der Waals surface area contributed by atoms with Gasteiger partial charge in [-0.1, -0.05) is 48.0 Å². The van der Waals surface area contributed by atoms with Gasteiger partial charge in [0.25, 0.3) is 0 Å². The van der Waals surface area contributed by atoms with Gasteiger partial charge in [0, 0.05) is 12.5 Å². The van der Waals surface area contributed by atoms with Crippen molar-refractivity contribution in [2.75, 3.05) is 27.7 Å². The van der Waals surface area contributed by atoms with Crippen LogP contribution in [0.5, 0.6) is 5.75 Å². The number of hydrogen-bond donors (Lipinski definition) is 1. The largest absolute Gasteiger partial charge is 0.497 e. The Labute approximate surface area is 156 Å². The molecule has 1 aliphatic carbocycles. The maximum absolute atomic E-state index is 11.9. The second-order valence-corrected chi connectivity index (χ2v) is 7.58. The minimum absolute atomic E-state index is 0.178. The molecule has 1 fully saturated rings. The highest BCUT2D eigenvalue weighted by molar-refractivity contribution is 5.59. The van der Waals surface area contributed by atoms with E-state index in [1.807, 2.05) is 18.2 Å². The smallest absolute Gasteiger partial charge is 0.119 e. The minimum Gasteiger partial charge on any atom is -0.497 e. The zero-order chi connectivity index (χ0) is 18.7. The number of aryl methyl sites for hydroxylation is 1. The summed E-state index contributed by atoms with van der Waals surface area (Å²) in [6, 6.07) is 16.3. The number of rotatable bonds is 5. The fourth-order valence-electron chi connectivity index (χ4n) is 4.00. The first-order valence-corrected chi connectivity index (χ1v) is 9.23. The van der Waals surface area contributed by atoms with Crippen LogP contribution in [0.3, 0.4) is 0 Å². The van der Waals surface area contributed by atoms with Crippen LogP contribution in [0, 0.1) is 12.8 Å². The lowest BCUT2D eigenvalue weighted by Crippen LogP contribution is -2.37. The third-order valence-electron chi connectivity index (χ3n) is 5.35. The van der Waals surface area contributed by atoms with E-state index in [1.54, 1.807) is 7.11 Å². The van der Waals surface area contributed by atoms with Crippen LogP contribution in [-0.4, -0.2) is 37.8 Å². The van der Waals surface area contributed by atoms with E-state index in [9.17, 15) is 5.11 Å². The Kier molecular flexibility index (Phi) is 5.49. The zero-order valence-corrected chi connectivity index (χ0v) is 16.2. The fraction of sp³-hybridized carbons (Fsp3) is 0.391. The summed E-state index contributed by atoms with van der Waals surface area (Å²) < 4.78 is 5.34. The van der Waals surface area contributed by atoms with Crippen molar-refractivity contribution in [2.45, 2.75) is 25.4 Å². The molecule has 0 aliphatic heterocycles. The third-order valence-corrected chi connectivity index (χ3v) is 5.35. The number of aliphatic hydroxyl groups is 1. The van der Waals surface area contributed by atoms with Gasteiger partial charge in [-0.2, -0.15) is 0 Å². The molecule has 1 saturated carbocycles. The van der Waals surface area contributed by atoms with Crippen LogP contribution in [0.2, 0.25) is 0 Å². The Balaban J connectivity index is 2.05. The summed E-state index contributed by atoms with van der Waals surface area (Å²) in [5, 5.41) is 11.9. The van der Waals surface area contributed by atoms with E-state index >= 15 is 0 Å². The highest BCUT2D eigenvalue weighted by Crippen LogP contribution is 2.48. The van der Waals surface area contributed by atoms with Gasteiger partial charge in [-0.3, -0.25) is 0 Å². The number of methoxy groups -OCH3 is 1. The highest BCUT2D eigenvalue weighted by atomic mass is 16.5. The summed E-state index contributed by atoms with van der Waals surface area (Å²) in [5.41, 5.74) is 3.41. The molecule has 1 aliphatic rings. The fourth-order valence-corrected chi connectivity index (χ4v) is 4.00. The van der Waals surface area contributed by atoms with E-state index in [0.29, 0.717) is 0 Å². The van der Waals surface area contributed by atoms with Crippen molar-refractivity contribution >= 4 is 6.08 Å². The molecule has 2 aromatic rings. The van der Waals surface area contributed by atoms with Gasteiger partial charge in [0.15, 0.2) is 0 Å². The van der Waals surface area contributed by atoms with Gasteiger partial charge in [0.05, 0.1) is 7.11 Å². The van der Waals surface area contributed by atoms with Crippen molar-refractivity contribution in [1.29, 1.82) is 0 Å². The summed E-state index contributed by atoms with van der Waals surface area (Å²) in [7, 11) is 5.82. The molecule has 138 valence electrons. The SMILES string of the molecule is COc1cccc(/C=C2\CCC(CN(C)C)C2(O)c2ccc(C)cc2)c1. The maximum Gasteiger partial charge on any atom is 0.119 e. The molecule has 26 heavy (non-hydrogen) atoms. The van der Waals surface area contributed by atoms with Crippen molar-refractivity contribution in [1.82, 2.24) is 4.90 Å². The van der Waals surface area contributed by atoms with Gasteiger partial charge in [0.2, 0.25) is 0 Å². The van der Waals surface area contributed by atoms with E-state index in [4.69, 9.17) is 4.74 Å². The molecule has 3 nitrogen and oxygen atoms in total. The summed E-state index contributed by atoms with van der Waals surface area (Å²) in [6.45, 7) is 2.94. The number of benzene rings is 2. The van der Waals surface area contributed by atoms with Crippen LogP contribution < -0.4 is 4.74 Å². The van der Waals surface area contributed by atoms with Crippen LogP contribution in [0.25, 0.3) is 6.08 Å². The molecule has 3 heteroatoms. The average molecular weight is 351 g/mol. The van der Waals surface area contributed by atoms with Crippen LogP contribution in [0.1, 0.15) is 29.5 Å². The molecule has 0 saturated heterocycles. The first kappa shape index (κ1) is 18.7. The molecule has 2 atom stereocenters. The summed E-state index contributed by atoms with van der Waals surface area (Å²) in [4.78, 5) is 2.16. The molecule has 3 rings (SSSR count). The summed E-state index contributed by atoms with van der Waals surface area (Å²) in [6.07, 6.45) is 4.02. The summed E-state index contributed by atoms with van der Waals surface area (Å²) >= 11 is 0. The molecule has 2 unspecified atom stereocenters. The number of hydrogen-bond acceptors (Lipinski definition) is 3. The lowest BCUT2D eigenvalue weighted by atomic mass is 9.80. The zero-order valence-electron chi connectivity index (χ0n) is 16.2. The van der Waals surface area contributed by atoms with E-state index in [0.717, 1.165) is 41.8 Å². The van der Waals surface area contributed by atoms with Crippen molar-refractivity contribution in [2.24, 2.45) is 5.92 Å². The highest BCUT2D eigenvalue weighted by Gasteiger charge is 2.46. The number of ether oxygens (including phenoxy) is 1. The van der Waals surface area contributed by atoms with E-state index in [1.165, 1.54) is 5.56 Å². The molecule has 0 amide bonds. The molecule has 0 radical (unpaired) electrons. The minimum atomic E-state index is -0.930. The van der Waals surface area contributed by atoms with Gasteiger partial charge in [-0.15, -0.1) is 0 Å². The first-order chi connectivity index (χ1) is 12.4. The van der Waals surface area contributed by atoms with Crippen molar-refractivity contribution in [3.8, 4) is 5.75 Å². The lowest BCUT2D eigenvalue weighted by molar-refractivity contribution is 0.0216. The van der Waals surface area contributed by atoms with Gasteiger partial charge in [-0.25, -0.2) is 0 Å². The Morgan fingerprint density at radius 2 is 1.92 bits per heavy atom. The van der Waals surface area contributed by atoms with Gasteiger partial charge in [-0.05, 0) is 62.7 Å². The van der Waals surface area contributed by atoms with Crippen LogP contribution in [0.4, 0.5) is 0 Å².